The molecule has 4 nitrogen and oxygen atoms in total. The third-order valence-corrected chi connectivity index (χ3v) is 2.93. The average molecular weight is 269 g/mol. The molecular formula is C16H19N3O. The predicted molar refractivity (Wildman–Crippen MR) is 79.4 cm³/mol. The maximum Gasteiger partial charge on any atom is 0.148 e. The molecule has 0 aliphatic heterocycles. The molecule has 0 bridgehead atoms. The molecule has 0 fully saturated rings. The molecule has 2 rings (SSSR count). The van der Waals surface area contributed by atoms with E-state index in [9.17, 15) is 0 Å². The fourth-order valence-corrected chi connectivity index (χ4v) is 1.95. The molecule has 0 radical (unpaired) electrons. The smallest absolute Gasteiger partial charge is 0.148 e. The van der Waals surface area contributed by atoms with Gasteiger partial charge in [0, 0.05) is 38.3 Å². The van der Waals surface area contributed by atoms with Gasteiger partial charge in [0.2, 0.25) is 0 Å². The Hall–Kier alpha value is -2.25. The zero-order valence-corrected chi connectivity index (χ0v) is 11.7. The molecule has 0 saturated heterocycles. The van der Waals surface area contributed by atoms with Gasteiger partial charge in [-0.2, -0.15) is 5.10 Å². The fraction of sp³-hybridized carbons (Fsp3) is 0.312. The highest BCUT2D eigenvalue weighted by Crippen LogP contribution is 2.17. The van der Waals surface area contributed by atoms with Crippen LogP contribution < -0.4 is 10.1 Å². The number of para-hydroxylation sites is 1. The number of rotatable bonds is 7. The highest BCUT2D eigenvalue weighted by atomic mass is 16.5. The monoisotopic (exact) mass is 269 g/mol. The van der Waals surface area contributed by atoms with E-state index in [0.717, 1.165) is 36.5 Å². The van der Waals surface area contributed by atoms with Crippen molar-refractivity contribution in [2.75, 3.05) is 13.2 Å². The van der Waals surface area contributed by atoms with Crippen molar-refractivity contribution < 1.29 is 4.74 Å². The van der Waals surface area contributed by atoms with E-state index < -0.39 is 0 Å². The number of benzene rings is 1. The Morgan fingerprint density at radius 2 is 2.20 bits per heavy atom. The van der Waals surface area contributed by atoms with Crippen LogP contribution in [-0.2, 0) is 20.0 Å². The first-order valence-corrected chi connectivity index (χ1v) is 6.63. The molecule has 0 spiro atoms. The molecule has 0 aliphatic carbocycles. The minimum absolute atomic E-state index is 0.297. The molecule has 0 unspecified atom stereocenters. The molecule has 1 aromatic heterocycles. The molecule has 0 saturated carbocycles. The van der Waals surface area contributed by atoms with Crippen molar-refractivity contribution in [2.24, 2.45) is 7.05 Å². The summed E-state index contributed by atoms with van der Waals surface area (Å²) < 4.78 is 7.33. The van der Waals surface area contributed by atoms with Crippen LogP contribution in [0.2, 0.25) is 0 Å². The van der Waals surface area contributed by atoms with Gasteiger partial charge in [0.15, 0.2) is 0 Å². The Kier molecular flexibility index (Phi) is 5.22. The molecule has 104 valence electrons. The lowest BCUT2D eigenvalue weighted by Crippen LogP contribution is -2.17. The standard InChI is InChI=1S/C16H19N3O/c1-3-12-20-16-7-5-4-6-14(16)13-17-10-8-15-9-11-19(2)18-15/h1,4-7,9,11,17H,8,10,12-13H2,2H3. The number of terminal acetylenes is 1. The Morgan fingerprint density at radius 1 is 1.35 bits per heavy atom. The number of nitrogens with one attached hydrogen (secondary N) is 1. The number of nitrogens with zero attached hydrogens (tertiary/aromatic N) is 2. The van der Waals surface area contributed by atoms with Crippen molar-refractivity contribution in [1.29, 1.82) is 0 Å². The van der Waals surface area contributed by atoms with Gasteiger partial charge >= 0.3 is 0 Å². The Morgan fingerprint density at radius 3 is 2.95 bits per heavy atom. The first-order chi connectivity index (χ1) is 9.79. The maximum absolute atomic E-state index is 5.51. The topological polar surface area (TPSA) is 39.1 Å². The van der Waals surface area contributed by atoms with Crippen LogP contribution in [0, 0.1) is 12.3 Å². The van der Waals surface area contributed by atoms with E-state index in [1.807, 2.05) is 48.3 Å². The second-order valence-electron chi connectivity index (χ2n) is 4.51. The normalized spacial score (nSPS) is 10.2. The van der Waals surface area contributed by atoms with Crippen molar-refractivity contribution in [3.05, 3.63) is 47.8 Å². The van der Waals surface area contributed by atoms with Crippen molar-refractivity contribution in [1.82, 2.24) is 15.1 Å². The van der Waals surface area contributed by atoms with Gasteiger partial charge in [0.25, 0.3) is 0 Å². The molecule has 1 heterocycles. The zero-order valence-electron chi connectivity index (χ0n) is 11.7. The van der Waals surface area contributed by atoms with Gasteiger partial charge in [-0.3, -0.25) is 4.68 Å². The number of aromatic nitrogens is 2. The summed E-state index contributed by atoms with van der Waals surface area (Å²) >= 11 is 0. The van der Waals surface area contributed by atoms with Crippen molar-refractivity contribution in [3.63, 3.8) is 0 Å². The summed E-state index contributed by atoms with van der Waals surface area (Å²) in [5.41, 5.74) is 2.21. The summed E-state index contributed by atoms with van der Waals surface area (Å²) in [6, 6.07) is 9.96. The lowest BCUT2D eigenvalue weighted by Gasteiger charge is -2.10. The maximum atomic E-state index is 5.51. The second kappa shape index (κ2) is 7.37. The van der Waals surface area contributed by atoms with E-state index in [2.05, 4.69) is 16.3 Å². The minimum Gasteiger partial charge on any atom is -0.481 e. The summed E-state index contributed by atoms with van der Waals surface area (Å²) in [6.07, 6.45) is 8.08. The van der Waals surface area contributed by atoms with E-state index >= 15 is 0 Å². The fourth-order valence-electron chi connectivity index (χ4n) is 1.95. The largest absolute Gasteiger partial charge is 0.481 e. The molecule has 0 atom stereocenters. The van der Waals surface area contributed by atoms with Crippen LogP contribution >= 0.6 is 0 Å². The summed E-state index contributed by atoms with van der Waals surface area (Å²) in [5.74, 6) is 3.32. The first-order valence-electron chi connectivity index (χ1n) is 6.63. The summed E-state index contributed by atoms with van der Waals surface area (Å²) in [5, 5.41) is 7.74. The van der Waals surface area contributed by atoms with Crippen molar-refractivity contribution in [3.8, 4) is 18.1 Å². The molecule has 0 amide bonds. The van der Waals surface area contributed by atoms with E-state index in [1.54, 1.807) is 0 Å². The van der Waals surface area contributed by atoms with Crippen molar-refractivity contribution >= 4 is 0 Å². The SMILES string of the molecule is C#CCOc1ccccc1CNCCc1ccn(C)n1. The number of hydrogen-bond donors (Lipinski definition) is 1. The van der Waals surface area contributed by atoms with E-state index in [-0.39, 0.29) is 0 Å². The van der Waals surface area contributed by atoms with Crippen molar-refractivity contribution in [2.45, 2.75) is 13.0 Å². The highest BCUT2D eigenvalue weighted by Gasteiger charge is 2.02. The molecule has 2 aromatic rings. The molecule has 1 aromatic carbocycles. The highest BCUT2D eigenvalue weighted by molar-refractivity contribution is 5.33. The summed E-state index contributed by atoms with van der Waals surface area (Å²) in [4.78, 5) is 0. The lowest BCUT2D eigenvalue weighted by atomic mass is 10.2. The number of ether oxygens (including phenoxy) is 1. The third-order valence-electron chi connectivity index (χ3n) is 2.93. The molecule has 20 heavy (non-hydrogen) atoms. The molecule has 0 aliphatic rings. The third kappa shape index (κ3) is 4.15. The zero-order chi connectivity index (χ0) is 14.2. The van der Waals surface area contributed by atoms with Crippen LogP contribution in [0.15, 0.2) is 36.5 Å². The predicted octanol–water partition coefficient (Wildman–Crippen LogP) is 1.76. The number of aryl methyl sites for hydroxylation is 1. The second-order valence-corrected chi connectivity index (χ2v) is 4.51. The van der Waals surface area contributed by atoms with Gasteiger partial charge in [-0.15, -0.1) is 6.42 Å². The van der Waals surface area contributed by atoms with Gasteiger partial charge < -0.3 is 10.1 Å². The molecular weight excluding hydrogens is 250 g/mol. The van der Waals surface area contributed by atoms with Gasteiger partial charge in [-0.1, -0.05) is 24.1 Å². The lowest BCUT2D eigenvalue weighted by molar-refractivity contribution is 0.365. The summed E-state index contributed by atoms with van der Waals surface area (Å²) in [6.45, 7) is 1.93. The van der Waals surface area contributed by atoms with Crippen LogP contribution in [0.4, 0.5) is 0 Å². The van der Waals surface area contributed by atoms with Crippen LogP contribution in [-0.4, -0.2) is 22.9 Å². The van der Waals surface area contributed by atoms with Gasteiger partial charge in [0.05, 0.1) is 5.69 Å². The average Bonchev–Trinajstić information content (AvgIpc) is 2.88. The molecule has 1 N–H and O–H groups in total. The van der Waals surface area contributed by atoms with Gasteiger partial charge in [0.1, 0.15) is 12.4 Å². The quantitative estimate of drug-likeness (QED) is 0.615. The van der Waals surface area contributed by atoms with E-state index in [0.29, 0.717) is 6.61 Å². The van der Waals surface area contributed by atoms with Gasteiger partial charge in [-0.25, -0.2) is 0 Å². The number of hydrogen-bond acceptors (Lipinski definition) is 3. The minimum atomic E-state index is 0.297. The Labute approximate surface area is 119 Å². The van der Waals surface area contributed by atoms with Crippen LogP contribution in [0.5, 0.6) is 5.75 Å². The molecule has 4 heteroatoms. The van der Waals surface area contributed by atoms with Crippen LogP contribution in [0.3, 0.4) is 0 Å². The van der Waals surface area contributed by atoms with E-state index in [1.165, 1.54) is 0 Å². The Bertz CT molecular complexity index is 583. The van der Waals surface area contributed by atoms with Crippen LogP contribution in [0.25, 0.3) is 0 Å². The Balaban J connectivity index is 1.80. The summed E-state index contributed by atoms with van der Waals surface area (Å²) in [7, 11) is 1.93. The van der Waals surface area contributed by atoms with Gasteiger partial charge in [-0.05, 0) is 12.1 Å². The van der Waals surface area contributed by atoms with Crippen LogP contribution in [0.1, 0.15) is 11.3 Å². The first kappa shape index (κ1) is 14.2. The van der Waals surface area contributed by atoms with E-state index in [4.69, 9.17) is 11.2 Å².